The van der Waals surface area contributed by atoms with Crippen LogP contribution in [0, 0.1) is 5.92 Å². The molecule has 7 heteroatoms. The molecule has 2 rings (SSSR count). The number of rotatable bonds is 5. The Balaban J connectivity index is 2.18. The monoisotopic (exact) mass is 299 g/mol. The summed E-state index contributed by atoms with van der Waals surface area (Å²) in [4.78, 5) is 11.5. The average Bonchev–Trinajstić information content (AvgIpc) is 2.98. The maximum absolute atomic E-state index is 12.3. The Morgan fingerprint density at radius 1 is 1.45 bits per heavy atom. The molecule has 0 saturated carbocycles. The van der Waals surface area contributed by atoms with Gasteiger partial charge < -0.3 is 9.47 Å². The van der Waals surface area contributed by atoms with Crippen molar-refractivity contribution in [3.05, 3.63) is 29.8 Å². The van der Waals surface area contributed by atoms with Crippen LogP contribution in [0.2, 0.25) is 0 Å². The van der Waals surface area contributed by atoms with Gasteiger partial charge in [0.25, 0.3) is 0 Å². The summed E-state index contributed by atoms with van der Waals surface area (Å²) < 4.78 is 36.9. The van der Waals surface area contributed by atoms with Crippen molar-refractivity contribution in [2.45, 2.75) is 11.3 Å². The molecule has 0 amide bonds. The highest BCUT2D eigenvalue weighted by molar-refractivity contribution is 7.89. The van der Waals surface area contributed by atoms with E-state index in [0.29, 0.717) is 19.8 Å². The Bertz CT molecular complexity index is 578. The molecule has 0 aliphatic carbocycles. The van der Waals surface area contributed by atoms with Crippen LogP contribution in [0.15, 0.2) is 29.2 Å². The summed E-state index contributed by atoms with van der Waals surface area (Å²) >= 11 is 0. The summed E-state index contributed by atoms with van der Waals surface area (Å²) in [6.07, 6.45) is 0.834. The molecule has 1 aromatic carbocycles. The second-order valence-corrected chi connectivity index (χ2v) is 6.30. The quantitative estimate of drug-likeness (QED) is 0.813. The largest absolute Gasteiger partial charge is 0.465 e. The first-order valence-electron chi connectivity index (χ1n) is 6.29. The highest BCUT2D eigenvalue weighted by Crippen LogP contribution is 2.17. The van der Waals surface area contributed by atoms with Gasteiger partial charge >= 0.3 is 5.97 Å². The number of hydrogen-bond donors (Lipinski definition) is 1. The Labute approximate surface area is 118 Å². The van der Waals surface area contributed by atoms with Gasteiger partial charge in [-0.3, -0.25) is 0 Å². The van der Waals surface area contributed by atoms with Gasteiger partial charge in [0.15, 0.2) is 0 Å². The van der Waals surface area contributed by atoms with Crippen LogP contribution in [-0.4, -0.2) is 41.3 Å². The molecule has 1 heterocycles. The van der Waals surface area contributed by atoms with Gasteiger partial charge in [-0.25, -0.2) is 17.9 Å². The van der Waals surface area contributed by atoms with Gasteiger partial charge in [-0.1, -0.05) is 12.1 Å². The molecule has 0 radical (unpaired) electrons. The topological polar surface area (TPSA) is 81.7 Å². The van der Waals surface area contributed by atoms with Crippen LogP contribution in [-0.2, 0) is 19.5 Å². The van der Waals surface area contributed by atoms with Crippen LogP contribution in [0.1, 0.15) is 16.8 Å². The van der Waals surface area contributed by atoms with Gasteiger partial charge in [0.2, 0.25) is 10.0 Å². The summed E-state index contributed by atoms with van der Waals surface area (Å²) in [5.41, 5.74) is 0.0326. The molecule has 0 bridgehead atoms. The molecular weight excluding hydrogens is 282 g/mol. The van der Waals surface area contributed by atoms with Gasteiger partial charge in [0.1, 0.15) is 0 Å². The molecule has 1 aliphatic heterocycles. The summed E-state index contributed by atoms with van der Waals surface area (Å²) in [6.45, 7) is 1.52. The van der Waals surface area contributed by atoms with Crippen LogP contribution in [0.3, 0.4) is 0 Å². The van der Waals surface area contributed by atoms with E-state index in [4.69, 9.17) is 4.74 Å². The van der Waals surface area contributed by atoms with Gasteiger partial charge in [-0.15, -0.1) is 0 Å². The first kappa shape index (κ1) is 15.0. The maximum atomic E-state index is 12.3. The van der Waals surface area contributed by atoms with E-state index >= 15 is 0 Å². The number of carbonyl (C=O) groups excluding carboxylic acids is 1. The van der Waals surface area contributed by atoms with Gasteiger partial charge in [0.05, 0.1) is 24.2 Å². The van der Waals surface area contributed by atoms with E-state index in [1.54, 1.807) is 12.1 Å². The fourth-order valence-electron chi connectivity index (χ4n) is 2.03. The predicted octanol–water partition coefficient (Wildman–Crippen LogP) is 0.788. The SMILES string of the molecule is COC(=O)c1ccccc1S(=O)(=O)NCC1CCOC1. The van der Waals surface area contributed by atoms with E-state index in [0.717, 1.165) is 6.42 Å². The minimum Gasteiger partial charge on any atom is -0.465 e. The van der Waals surface area contributed by atoms with Crippen LogP contribution >= 0.6 is 0 Å². The lowest BCUT2D eigenvalue weighted by molar-refractivity contribution is 0.0596. The molecule has 0 spiro atoms. The standard InChI is InChI=1S/C13H17NO5S/c1-18-13(15)11-4-2-3-5-12(11)20(16,17)14-8-10-6-7-19-9-10/h2-5,10,14H,6-9H2,1H3. The molecule has 20 heavy (non-hydrogen) atoms. The molecule has 1 saturated heterocycles. The maximum Gasteiger partial charge on any atom is 0.339 e. The Morgan fingerprint density at radius 2 is 2.20 bits per heavy atom. The van der Waals surface area contributed by atoms with Crippen molar-refractivity contribution in [2.24, 2.45) is 5.92 Å². The zero-order valence-electron chi connectivity index (χ0n) is 11.2. The molecule has 0 aromatic heterocycles. The van der Waals surface area contributed by atoms with E-state index in [-0.39, 0.29) is 16.4 Å². The summed E-state index contributed by atoms with van der Waals surface area (Å²) in [7, 11) is -2.52. The van der Waals surface area contributed by atoms with Gasteiger partial charge in [-0.05, 0) is 24.5 Å². The molecule has 1 aromatic rings. The van der Waals surface area contributed by atoms with E-state index in [2.05, 4.69) is 9.46 Å². The van der Waals surface area contributed by atoms with E-state index in [9.17, 15) is 13.2 Å². The Hall–Kier alpha value is -1.44. The number of nitrogens with one attached hydrogen (secondary N) is 1. The van der Waals surface area contributed by atoms with Gasteiger partial charge in [0, 0.05) is 13.2 Å². The molecular formula is C13H17NO5S. The van der Waals surface area contributed by atoms with Crippen molar-refractivity contribution in [3.63, 3.8) is 0 Å². The fourth-order valence-corrected chi connectivity index (χ4v) is 3.34. The number of carbonyl (C=O) groups is 1. The summed E-state index contributed by atoms with van der Waals surface area (Å²) in [6, 6.07) is 5.98. The molecule has 1 N–H and O–H groups in total. The van der Waals surface area contributed by atoms with Crippen molar-refractivity contribution in [2.75, 3.05) is 26.9 Å². The van der Waals surface area contributed by atoms with Crippen molar-refractivity contribution in [3.8, 4) is 0 Å². The first-order valence-corrected chi connectivity index (χ1v) is 7.77. The molecule has 6 nitrogen and oxygen atoms in total. The lowest BCUT2D eigenvalue weighted by Crippen LogP contribution is -2.30. The lowest BCUT2D eigenvalue weighted by atomic mass is 10.1. The number of hydrogen-bond acceptors (Lipinski definition) is 5. The zero-order chi connectivity index (χ0) is 14.6. The smallest absolute Gasteiger partial charge is 0.339 e. The van der Waals surface area contributed by atoms with Crippen LogP contribution in [0.25, 0.3) is 0 Å². The Morgan fingerprint density at radius 3 is 2.85 bits per heavy atom. The number of ether oxygens (including phenoxy) is 2. The molecule has 110 valence electrons. The normalized spacial score (nSPS) is 18.9. The summed E-state index contributed by atoms with van der Waals surface area (Å²) in [5.74, 6) is -0.495. The Kier molecular flexibility index (Phi) is 4.74. The number of sulfonamides is 1. The first-order chi connectivity index (χ1) is 9.54. The van der Waals surface area contributed by atoms with Crippen molar-refractivity contribution >= 4 is 16.0 Å². The summed E-state index contributed by atoms with van der Waals surface area (Å²) in [5, 5.41) is 0. The molecule has 1 fully saturated rings. The van der Waals surface area contributed by atoms with Crippen LogP contribution in [0.4, 0.5) is 0 Å². The van der Waals surface area contributed by atoms with Gasteiger partial charge in [-0.2, -0.15) is 0 Å². The third kappa shape index (κ3) is 3.36. The van der Waals surface area contributed by atoms with E-state index in [1.165, 1.54) is 19.2 Å². The number of benzene rings is 1. The molecule has 1 atom stereocenters. The fraction of sp³-hybridized carbons (Fsp3) is 0.462. The predicted molar refractivity (Wildman–Crippen MR) is 71.9 cm³/mol. The van der Waals surface area contributed by atoms with E-state index < -0.39 is 16.0 Å². The third-order valence-electron chi connectivity index (χ3n) is 3.17. The number of esters is 1. The highest BCUT2D eigenvalue weighted by Gasteiger charge is 2.24. The van der Waals surface area contributed by atoms with E-state index in [1.807, 2.05) is 0 Å². The number of methoxy groups -OCH3 is 1. The average molecular weight is 299 g/mol. The second kappa shape index (κ2) is 6.34. The minimum absolute atomic E-state index is 0.0326. The van der Waals surface area contributed by atoms with Crippen molar-refractivity contribution in [1.82, 2.24) is 4.72 Å². The van der Waals surface area contributed by atoms with Crippen LogP contribution in [0.5, 0.6) is 0 Å². The zero-order valence-corrected chi connectivity index (χ0v) is 12.0. The van der Waals surface area contributed by atoms with Crippen molar-refractivity contribution in [1.29, 1.82) is 0 Å². The minimum atomic E-state index is -3.74. The lowest BCUT2D eigenvalue weighted by Gasteiger charge is -2.12. The van der Waals surface area contributed by atoms with Crippen LogP contribution < -0.4 is 4.72 Å². The second-order valence-electron chi connectivity index (χ2n) is 4.57. The molecule has 1 unspecified atom stereocenters. The molecule has 1 aliphatic rings. The highest BCUT2D eigenvalue weighted by atomic mass is 32.2. The third-order valence-corrected chi connectivity index (χ3v) is 4.65. The van der Waals surface area contributed by atoms with Crippen molar-refractivity contribution < 1.29 is 22.7 Å².